The molecule has 23 heavy (non-hydrogen) atoms. The lowest BCUT2D eigenvalue weighted by molar-refractivity contribution is 0.622. The van der Waals surface area contributed by atoms with E-state index in [1.807, 2.05) is 19.1 Å². The molecule has 0 aliphatic carbocycles. The Morgan fingerprint density at radius 2 is 2.04 bits per heavy atom. The van der Waals surface area contributed by atoms with E-state index in [0.717, 1.165) is 48.6 Å². The summed E-state index contributed by atoms with van der Waals surface area (Å²) in [6.07, 6.45) is 3.10. The number of fused-ring (bicyclic) bond motifs is 1. The molecule has 0 radical (unpaired) electrons. The minimum Gasteiger partial charge on any atom is -0.377 e. The number of benzene rings is 2. The first-order chi connectivity index (χ1) is 11.1. The average molecular weight is 333 g/mol. The Bertz CT molecular complexity index is 687. The summed E-state index contributed by atoms with van der Waals surface area (Å²) >= 11 is 6.47. The van der Waals surface area contributed by atoms with Gasteiger partial charge in [0.15, 0.2) is 0 Å². The van der Waals surface area contributed by atoms with Gasteiger partial charge in [0.1, 0.15) is 5.82 Å². The Kier molecular flexibility index (Phi) is 5.19. The van der Waals surface area contributed by atoms with Gasteiger partial charge in [0.2, 0.25) is 0 Å². The van der Waals surface area contributed by atoms with Crippen molar-refractivity contribution in [3.63, 3.8) is 0 Å². The van der Waals surface area contributed by atoms with Gasteiger partial charge in [-0.25, -0.2) is 4.39 Å². The number of nitrogens with one attached hydrogen (secondary N) is 2. The second-order valence-electron chi connectivity index (χ2n) is 6.08. The number of rotatable bonds is 3. The molecule has 1 unspecified atom stereocenters. The molecule has 1 aliphatic rings. The highest BCUT2D eigenvalue weighted by atomic mass is 35.5. The van der Waals surface area contributed by atoms with Crippen LogP contribution >= 0.6 is 11.6 Å². The Balaban J connectivity index is 1.91. The van der Waals surface area contributed by atoms with Gasteiger partial charge in [0.05, 0.1) is 10.7 Å². The van der Waals surface area contributed by atoms with Gasteiger partial charge in [-0.1, -0.05) is 29.8 Å². The third-order valence-electron chi connectivity index (χ3n) is 4.42. The largest absolute Gasteiger partial charge is 0.377 e. The van der Waals surface area contributed by atoms with Crippen molar-refractivity contribution in [2.24, 2.45) is 0 Å². The molecule has 1 aliphatic heterocycles. The molecule has 0 saturated heterocycles. The quantitative estimate of drug-likeness (QED) is 0.849. The van der Waals surface area contributed by atoms with Crippen LogP contribution in [0.25, 0.3) is 0 Å². The summed E-state index contributed by atoms with van der Waals surface area (Å²) in [4.78, 5) is 0. The normalized spacial score (nSPS) is 16.1. The maximum atomic E-state index is 13.5. The number of hydrogen-bond donors (Lipinski definition) is 2. The van der Waals surface area contributed by atoms with Crippen LogP contribution in [-0.4, -0.2) is 13.1 Å². The van der Waals surface area contributed by atoms with E-state index in [0.29, 0.717) is 0 Å². The van der Waals surface area contributed by atoms with E-state index in [-0.39, 0.29) is 11.9 Å². The molecular weight excluding hydrogens is 311 g/mol. The van der Waals surface area contributed by atoms with E-state index in [2.05, 4.69) is 16.7 Å². The highest BCUT2D eigenvalue weighted by molar-refractivity contribution is 6.33. The van der Waals surface area contributed by atoms with E-state index >= 15 is 0 Å². The van der Waals surface area contributed by atoms with E-state index in [1.54, 1.807) is 12.1 Å². The summed E-state index contributed by atoms with van der Waals surface area (Å²) < 4.78 is 13.5. The van der Waals surface area contributed by atoms with Gasteiger partial charge in [0, 0.05) is 6.04 Å². The van der Waals surface area contributed by atoms with Gasteiger partial charge in [-0.3, -0.25) is 0 Å². The fraction of sp³-hybridized carbons (Fsp3) is 0.368. The Morgan fingerprint density at radius 1 is 1.17 bits per heavy atom. The molecule has 0 amide bonds. The summed E-state index contributed by atoms with van der Waals surface area (Å²) in [6.45, 7) is 4.06. The zero-order chi connectivity index (χ0) is 16.2. The van der Waals surface area contributed by atoms with Crippen LogP contribution in [-0.2, 0) is 12.8 Å². The molecule has 0 bridgehead atoms. The molecule has 2 nitrogen and oxygen atoms in total. The monoisotopic (exact) mass is 332 g/mol. The fourth-order valence-corrected chi connectivity index (χ4v) is 3.38. The highest BCUT2D eigenvalue weighted by Crippen LogP contribution is 2.33. The predicted molar refractivity (Wildman–Crippen MR) is 94.8 cm³/mol. The minimum atomic E-state index is -0.211. The second-order valence-corrected chi connectivity index (χ2v) is 6.49. The van der Waals surface area contributed by atoms with Crippen molar-refractivity contribution in [3.8, 4) is 0 Å². The smallest absolute Gasteiger partial charge is 0.123 e. The third kappa shape index (κ3) is 3.85. The first-order valence-corrected chi connectivity index (χ1v) is 8.56. The summed E-state index contributed by atoms with van der Waals surface area (Å²) in [5, 5.41) is 7.69. The van der Waals surface area contributed by atoms with Gasteiger partial charge in [-0.05, 0) is 74.2 Å². The summed E-state index contributed by atoms with van der Waals surface area (Å²) in [6, 6.07) is 10.8. The van der Waals surface area contributed by atoms with Crippen molar-refractivity contribution in [3.05, 3.63) is 63.9 Å². The van der Waals surface area contributed by atoms with Crippen molar-refractivity contribution >= 4 is 17.3 Å². The van der Waals surface area contributed by atoms with Crippen molar-refractivity contribution in [2.45, 2.75) is 32.2 Å². The predicted octanol–water partition coefficient (Wildman–Crippen LogP) is 4.73. The first-order valence-electron chi connectivity index (χ1n) is 8.18. The topological polar surface area (TPSA) is 24.1 Å². The van der Waals surface area contributed by atoms with E-state index in [1.165, 1.54) is 17.2 Å². The van der Waals surface area contributed by atoms with Crippen molar-refractivity contribution in [1.82, 2.24) is 5.32 Å². The third-order valence-corrected chi connectivity index (χ3v) is 4.74. The fourth-order valence-electron chi connectivity index (χ4n) is 3.15. The molecule has 0 fully saturated rings. The van der Waals surface area contributed by atoms with Crippen molar-refractivity contribution in [1.29, 1.82) is 0 Å². The number of anilines is 1. The molecular formula is C19H22ClFN2. The number of halogens is 2. The first kappa shape index (κ1) is 16.3. The summed E-state index contributed by atoms with van der Waals surface area (Å²) in [5.41, 5.74) is 4.58. The molecule has 0 spiro atoms. The number of hydrogen-bond acceptors (Lipinski definition) is 2. The Hall–Kier alpha value is -1.58. The molecule has 1 heterocycles. The van der Waals surface area contributed by atoms with Crippen LogP contribution in [0.1, 0.15) is 36.1 Å². The molecule has 2 aromatic rings. The van der Waals surface area contributed by atoms with E-state index in [4.69, 9.17) is 11.6 Å². The molecule has 3 rings (SSSR count). The molecule has 122 valence electrons. The Labute approximate surface area is 142 Å². The van der Waals surface area contributed by atoms with Crippen LogP contribution in [0.15, 0.2) is 36.4 Å². The summed E-state index contributed by atoms with van der Waals surface area (Å²) in [5.74, 6) is -0.211. The SMILES string of the molecule is CC(Nc1c(Cl)ccc2c1CCCNCC2)c1cccc(F)c1. The van der Waals surface area contributed by atoms with Crippen LogP contribution in [0.3, 0.4) is 0 Å². The molecule has 2 N–H and O–H groups in total. The zero-order valence-corrected chi connectivity index (χ0v) is 14.1. The maximum absolute atomic E-state index is 13.5. The highest BCUT2D eigenvalue weighted by Gasteiger charge is 2.16. The molecule has 4 heteroatoms. The lowest BCUT2D eigenvalue weighted by Gasteiger charge is -2.23. The Morgan fingerprint density at radius 3 is 2.87 bits per heavy atom. The van der Waals surface area contributed by atoms with Gasteiger partial charge >= 0.3 is 0 Å². The van der Waals surface area contributed by atoms with Crippen LogP contribution in [0.4, 0.5) is 10.1 Å². The maximum Gasteiger partial charge on any atom is 0.123 e. The van der Waals surface area contributed by atoms with Gasteiger partial charge < -0.3 is 10.6 Å². The lowest BCUT2D eigenvalue weighted by Crippen LogP contribution is -2.23. The van der Waals surface area contributed by atoms with E-state index in [9.17, 15) is 4.39 Å². The molecule has 0 saturated carbocycles. The summed E-state index contributed by atoms with van der Waals surface area (Å²) in [7, 11) is 0. The van der Waals surface area contributed by atoms with Crippen LogP contribution in [0.5, 0.6) is 0 Å². The van der Waals surface area contributed by atoms with Crippen molar-refractivity contribution < 1.29 is 4.39 Å². The molecule has 2 aromatic carbocycles. The zero-order valence-electron chi connectivity index (χ0n) is 13.3. The minimum absolute atomic E-state index is 0.00161. The lowest BCUT2D eigenvalue weighted by atomic mass is 9.96. The standard InChI is InChI=1S/C19H22ClFN2/c1-13(15-4-2-5-16(21)12-15)23-19-17-6-3-10-22-11-9-14(17)7-8-18(19)20/h2,4-5,7-8,12-13,22-23H,3,6,9-11H2,1H3. The molecule has 0 aromatic heterocycles. The van der Waals surface area contributed by atoms with Crippen molar-refractivity contribution in [2.75, 3.05) is 18.4 Å². The van der Waals surface area contributed by atoms with Crippen LogP contribution in [0, 0.1) is 5.82 Å². The van der Waals surface area contributed by atoms with Gasteiger partial charge in [-0.15, -0.1) is 0 Å². The second kappa shape index (κ2) is 7.33. The molecule has 1 atom stereocenters. The van der Waals surface area contributed by atoms with Crippen LogP contribution < -0.4 is 10.6 Å². The van der Waals surface area contributed by atoms with E-state index < -0.39 is 0 Å². The van der Waals surface area contributed by atoms with Gasteiger partial charge in [0.25, 0.3) is 0 Å². The van der Waals surface area contributed by atoms with Crippen LogP contribution in [0.2, 0.25) is 5.02 Å². The van der Waals surface area contributed by atoms with Gasteiger partial charge in [-0.2, -0.15) is 0 Å². The average Bonchev–Trinajstić information content (AvgIpc) is 2.51.